The Bertz CT molecular complexity index is 638. The number of hydrogen-bond donors (Lipinski definition) is 1. The van der Waals surface area contributed by atoms with Crippen LogP contribution in [0.15, 0.2) is 66.7 Å². The fraction of sp³-hybridized carbons (Fsp3) is 0.211. The lowest BCUT2D eigenvalue weighted by atomic mass is 10.2. The van der Waals surface area contributed by atoms with Crippen LogP contribution in [0.4, 0.5) is 5.69 Å². The normalized spacial score (nSPS) is 10.5. The molecule has 2 aromatic rings. The Balaban J connectivity index is 1.84. The smallest absolute Gasteiger partial charge is 0.228 e. The van der Waals surface area contributed by atoms with Gasteiger partial charge in [0.05, 0.1) is 5.69 Å². The number of ether oxygens (including phenoxy) is 2. The van der Waals surface area contributed by atoms with Gasteiger partial charge in [0.25, 0.3) is 0 Å². The van der Waals surface area contributed by atoms with E-state index in [1.54, 1.807) is 0 Å². The van der Waals surface area contributed by atoms with Gasteiger partial charge in [0.1, 0.15) is 24.7 Å². The molecule has 4 heteroatoms. The van der Waals surface area contributed by atoms with E-state index in [0.717, 1.165) is 5.75 Å². The van der Waals surface area contributed by atoms with Crippen LogP contribution in [-0.2, 0) is 4.79 Å². The van der Waals surface area contributed by atoms with Crippen LogP contribution in [0.5, 0.6) is 11.5 Å². The first-order valence-corrected chi connectivity index (χ1v) is 7.60. The summed E-state index contributed by atoms with van der Waals surface area (Å²) in [7, 11) is 0. The van der Waals surface area contributed by atoms with Gasteiger partial charge >= 0.3 is 0 Å². The minimum atomic E-state index is -0.0697. The van der Waals surface area contributed by atoms with Crippen molar-refractivity contribution in [3.8, 4) is 11.5 Å². The fourth-order valence-corrected chi connectivity index (χ4v) is 1.95. The third-order valence-corrected chi connectivity index (χ3v) is 3.05. The second-order valence-electron chi connectivity index (χ2n) is 4.83. The Morgan fingerprint density at radius 3 is 2.48 bits per heavy atom. The third kappa shape index (κ3) is 5.87. The maximum absolute atomic E-state index is 11.8. The van der Waals surface area contributed by atoms with Gasteiger partial charge in [-0.3, -0.25) is 4.79 Å². The molecule has 0 spiro atoms. The van der Waals surface area contributed by atoms with Crippen LogP contribution in [0.2, 0.25) is 0 Å². The predicted octanol–water partition coefficient (Wildman–Crippen LogP) is 4.05. The molecule has 0 aliphatic rings. The minimum absolute atomic E-state index is 0.0697. The molecule has 2 rings (SSSR count). The molecule has 0 aromatic heterocycles. The number of rotatable bonds is 8. The molecule has 1 amide bonds. The topological polar surface area (TPSA) is 47.6 Å². The summed E-state index contributed by atoms with van der Waals surface area (Å²) in [5, 5.41) is 2.85. The standard InChI is InChI=1S/C19H21NO3/c1-2-3-13-19(21)20-17-11-7-8-12-18(17)23-15-14-22-16-9-5-4-6-10-16/h2-12H,13-15H2,1H3,(H,20,21). The van der Waals surface area contributed by atoms with Gasteiger partial charge in [-0.15, -0.1) is 0 Å². The van der Waals surface area contributed by atoms with Crippen LogP contribution < -0.4 is 14.8 Å². The summed E-state index contributed by atoms with van der Waals surface area (Å²) in [6.45, 7) is 2.72. The number of allylic oxidation sites excluding steroid dienone is 1. The molecule has 0 unspecified atom stereocenters. The summed E-state index contributed by atoms with van der Waals surface area (Å²) in [4.78, 5) is 11.8. The highest BCUT2D eigenvalue weighted by Crippen LogP contribution is 2.23. The lowest BCUT2D eigenvalue weighted by Gasteiger charge is -2.12. The molecule has 23 heavy (non-hydrogen) atoms. The summed E-state index contributed by atoms with van der Waals surface area (Å²) in [5.74, 6) is 1.38. The van der Waals surface area contributed by atoms with Crippen LogP contribution in [0.3, 0.4) is 0 Å². The van der Waals surface area contributed by atoms with E-state index in [9.17, 15) is 4.79 Å². The molecule has 0 aliphatic heterocycles. The minimum Gasteiger partial charge on any atom is -0.490 e. The highest BCUT2D eigenvalue weighted by Gasteiger charge is 2.06. The summed E-state index contributed by atoms with van der Waals surface area (Å²) >= 11 is 0. The van der Waals surface area contributed by atoms with E-state index < -0.39 is 0 Å². The van der Waals surface area contributed by atoms with Crippen molar-refractivity contribution in [3.63, 3.8) is 0 Å². The van der Waals surface area contributed by atoms with Gasteiger partial charge in [-0.1, -0.05) is 42.5 Å². The Kier molecular flexibility index (Phi) is 6.72. The van der Waals surface area contributed by atoms with Crippen molar-refractivity contribution in [2.45, 2.75) is 13.3 Å². The first kappa shape index (κ1) is 16.6. The molecule has 0 saturated heterocycles. The number of anilines is 1. The van der Waals surface area contributed by atoms with Gasteiger partial charge in [-0.2, -0.15) is 0 Å². The molecule has 2 aromatic carbocycles. The number of benzene rings is 2. The highest BCUT2D eigenvalue weighted by molar-refractivity contribution is 5.93. The zero-order valence-electron chi connectivity index (χ0n) is 13.2. The van der Waals surface area contributed by atoms with Crippen molar-refractivity contribution in [1.29, 1.82) is 0 Å². The van der Waals surface area contributed by atoms with Crippen molar-refractivity contribution in [2.24, 2.45) is 0 Å². The highest BCUT2D eigenvalue weighted by atomic mass is 16.5. The van der Waals surface area contributed by atoms with Crippen LogP contribution >= 0.6 is 0 Å². The fourth-order valence-electron chi connectivity index (χ4n) is 1.95. The van der Waals surface area contributed by atoms with Crippen molar-refractivity contribution in [3.05, 3.63) is 66.7 Å². The second-order valence-corrected chi connectivity index (χ2v) is 4.83. The molecule has 0 heterocycles. The monoisotopic (exact) mass is 311 g/mol. The van der Waals surface area contributed by atoms with Crippen LogP contribution in [0.1, 0.15) is 13.3 Å². The predicted molar refractivity (Wildman–Crippen MR) is 91.9 cm³/mol. The van der Waals surface area contributed by atoms with E-state index in [1.165, 1.54) is 0 Å². The molecule has 0 radical (unpaired) electrons. The van der Waals surface area contributed by atoms with Gasteiger partial charge in [-0.25, -0.2) is 0 Å². The number of nitrogens with one attached hydrogen (secondary N) is 1. The van der Waals surface area contributed by atoms with Crippen LogP contribution in [-0.4, -0.2) is 19.1 Å². The van der Waals surface area contributed by atoms with Crippen molar-refractivity contribution >= 4 is 11.6 Å². The molecular formula is C19H21NO3. The van der Waals surface area contributed by atoms with Gasteiger partial charge in [0.2, 0.25) is 5.91 Å². The average Bonchev–Trinajstić information content (AvgIpc) is 2.59. The van der Waals surface area contributed by atoms with Crippen LogP contribution in [0.25, 0.3) is 0 Å². The number of amides is 1. The maximum atomic E-state index is 11.8. The number of carbonyl (C=O) groups excluding carboxylic acids is 1. The average molecular weight is 311 g/mol. The lowest BCUT2D eigenvalue weighted by Crippen LogP contribution is -2.13. The molecular weight excluding hydrogens is 290 g/mol. The first-order chi connectivity index (χ1) is 11.3. The SMILES string of the molecule is CC=CCC(=O)Nc1ccccc1OCCOc1ccccc1. The third-order valence-electron chi connectivity index (χ3n) is 3.05. The van der Waals surface area contributed by atoms with Crippen molar-refractivity contribution < 1.29 is 14.3 Å². The summed E-state index contributed by atoms with van der Waals surface area (Å²) in [5.41, 5.74) is 0.668. The Morgan fingerprint density at radius 1 is 1.00 bits per heavy atom. The lowest BCUT2D eigenvalue weighted by molar-refractivity contribution is -0.115. The van der Waals surface area contributed by atoms with E-state index in [-0.39, 0.29) is 5.91 Å². The Hall–Kier alpha value is -2.75. The van der Waals surface area contributed by atoms with Crippen molar-refractivity contribution in [1.82, 2.24) is 0 Å². The van der Waals surface area contributed by atoms with Gasteiger partial charge in [0, 0.05) is 6.42 Å². The maximum Gasteiger partial charge on any atom is 0.228 e. The first-order valence-electron chi connectivity index (χ1n) is 7.60. The van der Waals surface area contributed by atoms with E-state index in [2.05, 4.69) is 5.32 Å². The number of hydrogen-bond acceptors (Lipinski definition) is 3. The molecule has 4 nitrogen and oxygen atoms in total. The quantitative estimate of drug-likeness (QED) is 0.591. The molecule has 0 saturated carbocycles. The zero-order chi connectivity index (χ0) is 16.3. The molecule has 120 valence electrons. The second kappa shape index (κ2) is 9.30. The molecule has 1 N–H and O–H groups in total. The van der Waals surface area contributed by atoms with E-state index in [1.807, 2.05) is 73.7 Å². The van der Waals surface area contributed by atoms with E-state index >= 15 is 0 Å². The Labute approximate surface area is 136 Å². The summed E-state index contributed by atoms with van der Waals surface area (Å²) in [6.07, 6.45) is 4.01. The van der Waals surface area contributed by atoms with E-state index in [4.69, 9.17) is 9.47 Å². The molecule has 0 atom stereocenters. The van der Waals surface area contributed by atoms with Crippen LogP contribution in [0, 0.1) is 0 Å². The van der Waals surface area contributed by atoms with Gasteiger partial charge < -0.3 is 14.8 Å². The molecule has 0 fully saturated rings. The zero-order valence-corrected chi connectivity index (χ0v) is 13.2. The van der Waals surface area contributed by atoms with E-state index in [0.29, 0.717) is 31.1 Å². The van der Waals surface area contributed by atoms with Crippen molar-refractivity contribution in [2.75, 3.05) is 18.5 Å². The number of carbonyl (C=O) groups is 1. The Morgan fingerprint density at radius 2 is 1.70 bits per heavy atom. The molecule has 0 aliphatic carbocycles. The summed E-state index contributed by atoms with van der Waals surface area (Å²) < 4.78 is 11.3. The molecule has 0 bridgehead atoms. The number of para-hydroxylation sites is 3. The largest absolute Gasteiger partial charge is 0.490 e. The van der Waals surface area contributed by atoms with Gasteiger partial charge in [-0.05, 0) is 31.2 Å². The van der Waals surface area contributed by atoms with Gasteiger partial charge in [0.15, 0.2) is 0 Å². The summed E-state index contributed by atoms with van der Waals surface area (Å²) in [6, 6.07) is 17.0.